The zero-order valence-corrected chi connectivity index (χ0v) is 17.7. The van der Waals surface area contributed by atoms with Crippen molar-refractivity contribution < 1.29 is 9.59 Å². The van der Waals surface area contributed by atoms with Crippen LogP contribution in [0, 0.1) is 5.92 Å². The van der Waals surface area contributed by atoms with Gasteiger partial charge < -0.3 is 0 Å². The zero-order valence-electron chi connectivity index (χ0n) is 17.7. The topological polar surface area (TPSA) is 40.6 Å². The molecule has 2 saturated heterocycles. The molecule has 0 bridgehead atoms. The average molecular weight is 363 g/mol. The molecule has 2 aliphatic rings. The lowest BCUT2D eigenvalue weighted by atomic mass is 9.77. The van der Waals surface area contributed by atoms with E-state index in [0.29, 0.717) is 6.42 Å². The molecule has 2 aliphatic heterocycles. The van der Waals surface area contributed by atoms with Crippen LogP contribution in [0.3, 0.4) is 0 Å². The Hall–Kier alpha value is -1.16. The summed E-state index contributed by atoms with van der Waals surface area (Å²) in [7, 11) is 2.15. The third kappa shape index (κ3) is 4.57. The molecule has 4 heteroatoms. The second kappa shape index (κ2) is 8.24. The van der Waals surface area contributed by atoms with Crippen molar-refractivity contribution in [3.8, 4) is 0 Å². The minimum atomic E-state index is -0.121. The van der Waals surface area contributed by atoms with Gasteiger partial charge in [0.2, 0.25) is 11.8 Å². The molecule has 148 valence electrons. The lowest BCUT2D eigenvalue weighted by Gasteiger charge is -2.54. The van der Waals surface area contributed by atoms with E-state index in [1.807, 2.05) is 0 Å². The van der Waals surface area contributed by atoms with Crippen LogP contribution in [0.1, 0.15) is 86.0 Å². The van der Waals surface area contributed by atoms with Gasteiger partial charge in [-0.15, -0.1) is 0 Å². The summed E-state index contributed by atoms with van der Waals surface area (Å²) in [4.78, 5) is 29.6. The van der Waals surface area contributed by atoms with Crippen molar-refractivity contribution in [3.63, 3.8) is 0 Å². The highest BCUT2D eigenvalue weighted by Crippen LogP contribution is 2.41. The van der Waals surface area contributed by atoms with E-state index in [4.69, 9.17) is 0 Å². The number of allylic oxidation sites excluding steroid dienone is 2. The molecular formula is C22H38N2O2. The molecule has 0 aromatic rings. The van der Waals surface area contributed by atoms with Crippen LogP contribution in [0.4, 0.5) is 0 Å². The molecule has 26 heavy (non-hydrogen) atoms. The highest BCUT2D eigenvalue weighted by molar-refractivity contribution is 6.03. The van der Waals surface area contributed by atoms with Crippen LogP contribution < -0.4 is 0 Å². The number of imide groups is 1. The van der Waals surface area contributed by atoms with Gasteiger partial charge >= 0.3 is 0 Å². The van der Waals surface area contributed by atoms with Crippen molar-refractivity contribution in [1.29, 1.82) is 0 Å². The second-order valence-electron chi connectivity index (χ2n) is 9.44. The fraction of sp³-hybridized carbons (Fsp3) is 0.818. The maximum absolute atomic E-state index is 13.0. The van der Waals surface area contributed by atoms with Crippen LogP contribution in [0.5, 0.6) is 0 Å². The maximum Gasteiger partial charge on any atom is 0.233 e. The molecule has 0 radical (unpaired) electrons. The Morgan fingerprint density at radius 3 is 2.19 bits per heavy atom. The first kappa shape index (κ1) is 21.1. The van der Waals surface area contributed by atoms with Gasteiger partial charge in [-0.05, 0) is 66.8 Å². The average Bonchev–Trinajstić information content (AvgIpc) is 2.82. The van der Waals surface area contributed by atoms with E-state index in [0.717, 1.165) is 32.1 Å². The fourth-order valence-electron chi connectivity index (χ4n) is 4.68. The Bertz CT molecular complexity index is 532. The summed E-state index contributed by atoms with van der Waals surface area (Å²) in [6.07, 6.45) is 11.7. The molecule has 0 aromatic heterocycles. The summed E-state index contributed by atoms with van der Waals surface area (Å²) < 4.78 is 0. The van der Waals surface area contributed by atoms with Crippen LogP contribution in [-0.4, -0.2) is 45.8 Å². The van der Waals surface area contributed by atoms with Crippen molar-refractivity contribution >= 4 is 11.8 Å². The number of carbonyl (C=O) groups is 2. The van der Waals surface area contributed by atoms with E-state index in [1.165, 1.54) is 12.8 Å². The number of carbonyl (C=O) groups excluding carboxylic acids is 2. The standard InChI is InChI=1S/C22H38N2O2/c1-7-8-9-10-11-12-13-17-14-19(25)24(20(17)26)18-15-21(2,3)23(6)22(4,5)16-18/h10-11,17-18H,7-9,12-16H2,1-6H3. The molecule has 2 heterocycles. The van der Waals surface area contributed by atoms with E-state index >= 15 is 0 Å². The Morgan fingerprint density at radius 1 is 1.04 bits per heavy atom. The fourth-order valence-corrected chi connectivity index (χ4v) is 4.68. The summed E-state index contributed by atoms with van der Waals surface area (Å²) in [6.45, 7) is 11.0. The molecule has 0 spiro atoms. The molecule has 0 aromatic carbocycles. The van der Waals surface area contributed by atoms with Crippen molar-refractivity contribution in [1.82, 2.24) is 9.80 Å². The van der Waals surface area contributed by atoms with E-state index in [1.54, 1.807) is 4.90 Å². The normalized spacial score (nSPS) is 27.0. The van der Waals surface area contributed by atoms with E-state index < -0.39 is 0 Å². The van der Waals surface area contributed by atoms with Crippen LogP contribution in [0.25, 0.3) is 0 Å². The van der Waals surface area contributed by atoms with Crippen molar-refractivity contribution in [3.05, 3.63) is 12.2 Å². The van der Waals surface area contributed by atoms with Gasteiger partial charge in [0.05, 0.1) is 0 Å². The molecule has 2 amide bonds. The molecular weight excluding hydrogens is 324 g/mol. The number of likely N-dealkylation sites (tertiary alicyclic amines) is 2. The van der Waals surface area contributed by atoms with Gasteiger partial charge in [0.15, 0.2) is 0 Å². The SMILES string of the molecule is CCCCC=CCCC1CC(=O)N(C2CC(C)(C)N(C)C(C)(C)C2)C1=O. The minimum Gasteiger partial charge on any atom is -0.296 e. The largest absolute Gasteiger partial charge is 0.296 e. The molecule has 0 N–H and O–H groups in total. The first-order valence-corrected chi connectivity index (χ1v) is 10.3. The highest BCUT2D eigenvalue weighted by atomic mass is 16.2. The number of hydrogen-bond acceptors (Lipinski definition) is 3. The quantitative estimate of drug-likeness (QED) is 0.379. The van der Waals surface area contributed by atoms with Gasteiger partial charge in [0, 0.05) is 29.5 Å². The Labute approximate surface area is 160 Å². The number of nitrogens with zero attached hydrogens (tertiary/aromatic N) is 2. The zero-order chi connectivity index (χ0) is 19.5. The van der Waals surface area contributed by atoms with Gasteiger partial charge in [0.1, 0.15) is 0 Å². The second-order valence-corrected chi connectivity index (χ2v) is 9.44. The van der Waals surface area contributed by atoms with Crippen molar-refractivity contribution in [2.75, 3.05) is 7.05 Å². The predicted octanol–water partition coefficient (Wildman–Crippen LogP) is 4.54. The third-order valence-electron chi connectivity index (χ3n) is 6.50. The van der Waals surface area contributed by atoms with Crippen LogP contribution in [-0.2, 0) is 9.59 Å². The Balaban J connectivity index is 1.99. The van der Waals surface area contributed by atoms with Gasteiger partial charge in [-0.1, -0.05) is 31.9 Å². The summed E-state index contributed by atoms with van der Waals surface area (Å²) in [5.41, 5.74) is -0.0415. The van der Waals surface area contributed by atoms with E-state index in [-0.39, 0.29) is 34.9 Å². The van der Waals surface area contributed by atoms with Gasteiger partial charge in [-0.25, -0.2) is 0 Å². The van der Waals surface area contributed by atoms with Gasteiger partial charge in [0.25, 0.3) is 0 Å². The number of unbranched alkanes of at least 4 members (excludes halogenated alkanes) is 2. The lowest BCUT2D eigenvalue weighted by Crippen LogP contribution is -2.63. The highest BCUT2D eigenvalue weighted by Gasteiger charge is 2.50. The molecule has 4 nitrogen and oxygen atoms in total. The number of piperidine rings is 1. The molecule has 2 fully saturated rings. The van der Waals surface area contributed by atoms with E-state index in [2.05, 4.69) is 58.7 Å². The number of amides is 2. The molecule has 1 atom stereocenters. The first-order valence-electron chi connectivity index (χ1n) is 10.3. The number of hydrogen-bond donors (Lipinski definition) is 0. The Morgan fingerprint density at radius 2 is 1.62 bits per heavy atom. The molecule has 0 aliphatic carbocycles. The van der Waals surface area contributed by atoms with Crippen molar-refractivity contribution in [2.24, 2.45) is 5.92 Å². The number of rotatable bonds is 7. The summed E-state index contributed by atoms with van der Waals surface area (Å²) in [5.74, 6) is -0.0153. The lowest BCUT2D eigenvalue weighted by molar-refractivity contribution is -0.146. The van der Waals surface area contributed by atoms with Crippen molar-refractivity contribution in [2.45, 2.75) is 103 Å². The summed E-state index contributed by atoms with van der Waals surface area (Å²) in [5, 5.41) is 0. The van der Waals surface area contributed by atoms with Gasteiger partial charge in [-0.2, -0.15) is 0 Å². The van der Waals surface area contributed by atoms with Crippen LogP contribution >= 0.6 is 0 Å². The molecule has 0 saturated carbocycles. The maximum atomic E-state index is 13.0. The molecule has 1 unspecified atom stereocenters. The summed E-state index contributed by atoms with van der Waals surface area (Å²) in [6, 6.07) is 0.0290. The van der Waals surface area contributed by atoms with Crippen LogP contribution in [0.2, 0.25) is 0 Å². The van der Waals surface area contributed by atoms with E-state index in [9.17, 15) is 9.59 Å². The van der Waals surface area contributed by atoms with Crippen LogP contribution in [0.15, 0.2) is 12.2 Å². The molecule has 2 rings (SSSR count). The smallest absolute Gasteiger partial charge is 0.233 e. The predicted molar refractivity (Wildman–Crippen MR) is 107 cm³/mol. The Kier molecular flexibility index (Phi) is 6.70. The minimum absolute atomic E-state index is 0.0208. The van der Waals surface area contributed by atoms with Gasteiger partial charge in [-0.3, -0.25) is 19.4 Å². The first-order chi connectivity index (χ1) is 12.1. The monoisotopic (exact) mass is 362 g/mol. The summed E-state index contributed by atoms with van der Waals surface area (Å²) >= 11 is 0. The third-order valence-corrected chi connectivity index (χ3v) is 6.50.